The van der Waals surface area contributed by atoms with E-state index in [9.17, 15) is 4.79 Å². The number of pyridine rings is 1. The van der Waals surface area contributed by atoms with Gasteiger partial charge in [-0.25, -0.2) is 0 Å². The van der Waals surface area contributed by atoms with Crippen LogP contribution in [0.3, 0.4) is 0 Å². The summed E-state index contributed by atoms with van der Waals surface area (Å²) in [6.45, 7) is 1.98. The number of fused-ring (bicyclic) bond motifs is 1. The minimum atomic E-state index is -0.282. The molecule has 1 aromatic heterocycles. The van der Waals surface area contributed by atoms with Crippen molar-refractivity contribution in [2.24, 2.45) is 0 Å². The third-order valence-corrected chi connectivity index (χ3v) is 3.94. The molecule has 0 spiro atoms. The van der Waals surface area contributed by atoms with Gasteiger partial charge in [0, 0.05) is 16.6 Å². The van der Waals surface area contributed by atoms with Gasteiger partial charge in [-0.1, -0.05) is 29.3 Å². The molecule has 3 aromatic rings. The number of anilines is 1. The first kappa shape index (κ1) is 14.8. The Morgan fingerprint density at radius 1 is 1.14 bits per heavy atom. The fourth-order valence-corrected chi connectivity index (χ4v) is 2.78. The molecule has 0 aliphatic rings. The van der Waals surface area contributed by atoms with E-state index in [-0.39, 0.29) is 5.91 Å². The van der Waals surface area contributed by atoms with Gasteiger partial charge in [0.1, 0.15) is 0 Å². The highest BCUT2D eigenvalue weighted by Crippen LogP contribution is 2.26. The van der Waals surface area contributed by atoms with E-state index < -0.39 is 0 Å². The molecule has 110 valence electrons. The Balaban J connectivity index is 2.00. The number of amides is 1. The van der Waals surface area contributed by atoms with Crippen LogP contribution < -0.4 is 5.32 Å². The highest BCUT2D eigenvalue weighted by atomic mass is 35.5. The molecule has 0 saturated heterocycles. The van der Waals surface area contributed by atoms with Crippen molar-refractivity contribution in [1.82, 2.24) is 4.98 Å². The van der Waals surface area contributed by atoms with Crippen LogP contribution >= 0.6 is 23.2 Å². The van der Waals surface area contributed by atoms with Gasteiger partial charge in [0.2, 0.25) is 0 Å². The van der Waals surface area contributed by atoms with E-state index in [1.54, 1.807) is 24.4 Å². The van der Waals surface area contributed by atoms with E-state index >= 15 is 0 Å². The number of carbonyl (C=O) groups excluding carboxylic acids is 1. The van der Waals surface area contributed by atoms with Gasteiger partial charge in [0.15, 0.2) is 0 Å². The molecule has 22 heavy (non-hydrogen) atoms. The predicted molar refractivity (Wildman–Crippen MR) is 90.9 cm³/mol. The molecule has 1 amide bonds. The summed E-state index contributed by atoms with van der Waals surface area (Å²) >= 11 is 11.9. The summed E-state index contributed by atoms with van der Waals surface area (Å²) in [5.41, 5.74) is 2.99. The summed E-state index contributed by atoms with van der Waals surface area (Å²) in [4.78, 5) is 16.8. The van der Waals surface area contributed by atoms with Gasteiger partial charge < -0.3 is 5.32 Å². The first-order valence-electron chi connectivity index (χ1n) is 6.67. The third kappa shape index (κ3) is 2.78. The lowest BCUT2D eigenvalue weighted by molar-refractivity contribution is 0.102. The van der Waals surface area contributed by atoms with Gasteiger partial charge in [0.25, 0.3) is 5.91 Å². The first-order valence-corrected chi connectivity index (χ1v) is 7.42. The normalized spacial score (nSPS) is 10.7. The zero-order chi connectivity index (χ0) is 15.7. The second kappa shape index (κ2) is 5.95. The summed E-state index contributed by atoms with van der Waals surface area (Å²) in [5, 5.41) is 4.58. The lowest BCUT2D eigenvalue weighted by Crippen LogP contribution is -2.13. The Hall–Kier alpha value is -2.10. The van der Waals surface area contributed by atoms with Crippen molar-refractivity contribution >= 4 is 45.7 Å². The van der Waals surface area contributed by atoms with Crippen LogP contribution in [-0.2, 0) is 0 Å². The van der Waals surface area contributed by atoms with Crippen LogP contribution in [0.2, 0.25) is 10.0 Å². The Labute approximate surface area is 137 Å². The molecular weight excluding hydrogens is 319 g/mol. The molecule has 0 unspecified atom stereocenters. The maximum atomic E-state index is 12.4. The molecule has 0 bridgehead atoms. The van der Waals surface area contributed by atoms with Crippen molar-refractivity contribution < 1.29 is 4.79 Å². The Bertz CT molecular complexity index is 878. The Kier molecular flexibility index (Phi) is 4.01. The topological polar surface area (TPSA) is 42.0 Å². The molecule has 0 fully saturated rings. The zero-order valence-electron chi connectivity index (χ0n) is 11.7. The number of aryl methyl sites for hydroxylation is 1. The smallest absolute Gasteiger partial charge is 0.257 e. The van der Waals surface area contributed by atoms with E-state index in [4.69, 9.17) is 23.2 Å². The van der Waals surface area contributed by atoms with Crippen LogP contribution in [0.15, 0.2) is 48.7 Å². The highest BCUT2D eigenvalue weighted by Gasteiger charge is 2.13. The summed E-state index contributed by atoms with van der Waals surface area (Å²) in [6, 6.07) is 12.3. The fraction of sp³-hybridized carbons (Fsp3) is 0.0588. The molecular formula is C17H12Cl2N2O. The summed E-state index contributed by atoms with van der Waals surface area (Å²) < 4.78 is 0. The average Bonchev–Trinajstić information content (AvgIpc) is 2.50. The minimum Gasteiger partial charge on any atom is -0.321 e. The fourth-order valence-electron chi connectivity index (χ4n) is 2.29. The molecule has 3 rings (SSSR count). The average molecular weight is 331 g/mol. The third-order valence-electron chi connectivity index (χ3n) is 3.40. The predicted octanol–water partition coefficient (Wildman–Crippen LogP) is 5.10. The molecule has 5 heteroatoms. The van der Waals surface area contributed by atoms with E-state index in [1.807, 2.05) is 31.2 Å². The number of hydrogen-bond acceptors (Lipinski definition) is 2. The standard InChI is InChI=1S/C17H12Cl2N2O/c1-10-4-7-15(13-3-2-8-20-16(10)13)21-17(22)12-6-5-11(18)9-14(12)19/h2-9H,1H3,(H,21,22). The van der Waals surface area contributed by atoms with Gasteiger partial charge in [-0.15, -0.1) is 0 Å². The number of nitrogens with zero attached hydrogens (tertiary/aromatic N) is 1. The molecule has 0 atom stereocenters. The van der Waals surface area contributed by atoms with Crippen molar-refractivity contribution in [3.8, 4) is 0 Å². The summed E-state index contributed by atoms with van der Waals surface area (Å²) in [6.07, 6.45) is 1.73. The van der Waals surface area contributed by atoms with Crippen LogP contribution in [0.5, 0.6) is 0 Å². The molecule has 1 N–H and O–H groups in total. The maximum absolute atomic E-state index is 12.4. The van der Waals surface area contributed by atoms with Crippen LogP contribution in [0.1, 0.15) is 15.9 Å². The molecule has 0 aliphatic carbocycles. The zero-order valence-corrected chi connectivity index (χ0v) is 13.2. The Morgan fingerprint density at radius 2 is 1.95 bits per heavy atom. The molecule has 2 aromatic carbocycles. The SMILES string of the molecule is Cc1ccc(NC(=O)c2ccc(Cl)cc2Cl)c2cccnc12. The number of halogens is 2. The summed E-state index contributed by atoms with van der Waals surface area (Å²) in [7, 11) is 0. The van der Waals surface area contributed by atoms with E-state index in [0.29, 0.717) is 21.3 Å². The van der Waals surface area contributed by atoms with Crippen LogP contribution in [-0.4, -0.2) is 10.9 Å². The van der Waals surface area contributed by atoms with Crippen LogP contribution in [0, 0.1) is 6.92 Å². The molecule has 3 nitrogen and oxygen atoms in total. The molecule has 1 heterocycles. The van der Waals surface area contributed by atoms with Crippen molar-refractivity contribution in [3.05, 3.63) is 69.8 Å². The number of hydrogen-bond donors (Lipinski definition) is 1. The molecule has 0 saturated carbocycles. The van der Waals surface area contributed by atoms with Gasteiger partial charge >= 0.3 is 0 Å². The molecule has 0 radical (unpaired) electrons. The number of nitrogens with one attached hydrogen (secondary N) is 1. The number of aromatic nitrogens is 1. The quantitative estimate of drug-likeness (QED) is 0.710. The van der Waals surface area contributed by atoms with Crippen LogP contribution in [0.4, 0.5) is 5.69 Å². The van der Waals surface area contributed by atoms with Crippen molar-refractivity contribution in [2.75, 3.05) is 5.32 Å². The second-order valence-corrected chi connectivity index (χ2v) is 5.75. The minimum absolute atomic E-state index is 0.282. The monoisotopic (exact) mass is 330 g/mol. The number of rotatable bonds is 2. The second-order valence-electron chi connectivity index (χ2n) is 4.91. The first-order chi connectivity index (χ1) is 10.6. The van der Waals surface area contributed by atoms with E-state index in [0.717, 1.165) is 16.5 Å². The van der Waals surface area contributed by atoms with Gasteiger partial charge in [-0.3, -0.25) is 9.78 Å². The van der Waals surface area contributed by atoms with E-state index in [1.165, 1.54) is 0 Å². The van der Waals surface area contributed by atoms with Crippen molar-refractivity contribution in [1.29, 1.82) is 0 Å². The lowest BCUT2D eigenvalue weighted by atomic mass is 10.1. The maximum Gasteiger partial charge on any atom is 0.257 e. The van der Waals surface area contributed by atoms with Gasteiger partial charge in [0.05, 0.1) is 21.8 Å². The van der Waals surface area contributed by atoms with Crippen molar-refractivity contribution in [3.63, 3.8) is 0 Å². The summed E-state index contributed by atoms with van der Waals surface area (Å²) in [5.74, 6) is -0.282. The molecule has 0 aliphatic heterocycles. The highest BCUT2D eigenvalue weighted by molar-refractivity contribution is 6.37. The van der Waals surface area contributed by atoms with E-state index in [2.05, 4.69) is 10.3 Å². The van der Waals surface area contributed by atoms with Crippen LogP contribution in [0.25, 0.3) is 10.9 Å². The van der Waals surface area contributed by atoms with Gasteiger partial charge in [-0.05, 0) is 48.9 Å². The van der Waals surface area contributed by atoms with Crippen molar-refractivity contribution in [2.45, 2.75) is 6.92 Å². The Morgan fingerprint density at radius 3 is 2.73 bits per heavy atom. The lowest BCUT2D eigenvalue weighted by Gasteiger charge is -2.11. The largest absolute Gasteiger partial charge is 0.321 e. The number of carbonyl (C=O) groups is 1. The number of benzene rings is 2. The van der Waals surface area contributed by atoms with Gasteiger partial charge in [-0.2, -0.15) is 0 Å².